The summed E-state index contributed by atoms with van der Waals surface area (Å²) in [5, 5.41) is 14.7. The highest BCUT2D eigenvalue weighted by molar-refractivity contribution is 7.15. The second kappa shape index (κ2) is 8.56. The summed E-state index contributed by atoms with van der Waals surface area (Å²) in [6, 6.07) is 6.31. The van der Waals surface area contributed by atoms with E-state index in [1.807, 2.05) is 13.0 Å². The number of anilines is 2. The molecule has 3 aromatic rings. The SMILES string of the molecule is CCOC(=O)C1C2CC(O)(c3ncc(-c4cc(C)cc(Nc5nccc(C(F)(F)F)n5)c4)s3)CC21. The van der Waals surface area contributed by atoms with Gasteiger partial charge >= 0.3 is 12.1 Å². The lowest BCUT2D eigenvalue weighted by atomic mass is 9.95. The lowest BCUT2D eigenvalue weighted by molar-refractivity contribution is -0.146. The molecule has 5 rings (SSSR count). The molecule has 2 aliphatic carbocycles. The van der Waals surface area contributed by atoms with Gasteiger partial charge in [-0.15, -0.1) is 11.3 Å². The van der Waals surface area contributed by atoms with Crippen LogP contribution in [0.4, 0.5) is 24.8 Å². The first-order valence-corrected chi connectivity index (χ1v) is 12.0. The van der Waals surface area contributed by atoms with E-state index in [0.717, 1.165) is 28.3 Å². The number of halogens is 3. The fourth-order valence-corrected chi connectivity index (χ4v) is 5.97. The molecular weight excluding hydrogens is 481 g/mol. The Labute approximate surface area is 203 Å². The lowest BCUT2D eigenvalue weighted by Crippen LogP contribution is -2.26. The molecule has 7 nitrogen and oxygen atoms in total. The van der Waals surface area contributed by atoms with Crippen molar-refractivity contribution in [3.63, 3.8) is 0 Å². The van der Waals surface area contributed by atoms with Crippen LogP contribution in [0.3, 0.4) is 0 Å². The van der Waals surface area contributed by atoms with Crippen LogP contribution in [-0.2, 0) is 21.3 Å². The van der Waals surface area contributed by atoms with Gasteiger partial charge in [0.1, 0.15) is 16.3 Å². The van der Waals surface area contributed by atoms with Crippen LogP contribution in [0, 0.1) is 24.7 Å². The molecule has 2 unspecified atom stereocenters. The van der Waals surface area contributed by atoms with Crippen LogP contribution in [0.2, 0.25) is 0 Å². The molecule has 11 heteroatoms. The number of alkyl halides is 3. The zero-order valence-electron chi connectivity index (χ0n) is 19.0. The average molecular weight is 505 g/mol. The van der Waals surface area contributed by atoms with Gasteiger partial charge in [0, 0.05) is 18.1 Å². The molecule has 2 fully saturated rings. The standard InChI is InChI=1S/C24H23F3N4O3S/c1-3-34-20(32)19-15-9-23(33,10-16(15)19)21-29-11-17(35-21)13-6-12(2)7-14(8-13)30-22-28-5-4-18(31-22)24(25,26)27/h4-8,11,15-16,19,33H,3,9-10H2,1-2H3,(H,28,30,31). The number of ether oxygens (including phenoxy) is 1. The van der Waals surface area contributed by atoms with Crippen LogP contribution in [0.25, 0.3) is 10.4 Å². The molecule has 0 bridgehead atoms. The summed E-state index contributed by atoms with van der Waals surface area (Å²) in [6.45, 7) is 4.00. The lowest BCUT2D eigenvalue weighted by Gasteiger charge is -2.22. The highest BCUT2D eigenvalue weighted by atomic mass is 32.1. The van der Waals surface area contributed by atoms with Crippen molar-refractivity contribution >= 4 is 28.9 Å². The van der Waals surface area contributed by atoms with Crippen molar-refractivity contribution in [3.8, 4) is 10.4 Å². The van der Waals surface area contributed by atoms with Crippen LogP contribution in [-0.4, -0.2) is 32.6 Å². The molecular formula is C24H23F3N4O3S. The molecule has 2 N–H and O–H groups in total. The van der Waals surface area contributed by atoms with E-state index < -0.39 is 17.5 Å². The number of aliphatic hydroxyl groups is 1. The zero-order valence-corrected chi connectivity index (χ0v) is 19.8. The van der Waals surface area contributed by atoms with Crippen molar-refractivity contribution in [2.75, 3.05) is 11.9 Å². The van der Waals surface area contributed by atoms with Crippen LogP contribution in [0.15, 0.2) is 36.7 Å². The number of carbonyl (C=O) groups excluding carboxylic acids is 1. The molecule has 184 valence electrons. The fourth-order valence-electron chi connectivity index (χ4n) is 4.95. The molecule has 2 saturated carbocycles. The third kappa shape index (κ3) is 4.62. The Bertz CT molecular complexity index is 1270. The molecule has 35 heavy (non-hydrogen) atoms. The Hall–Kier alpha value is -3.05. The van der Waals surface area contributed by atoms with Crippen molar-refractivity contribution in [1.82, 2.24) is 15.0 Å². The van der Waals surface area contributed by atoms with E-state index in [4.69, 9.17) is 4.74 Å². The van der Waals surface area contributed by atoms with Crippen LogP contribution in [0.5, 0.6) is 0 Å². The summed E-state index contributed by atoms with van der Waals surface area (Å²) >= 11 is 1.37. The van der Waals surface area contributed by atoms with Gasteiger partial charge in [-0.05, 0) is 67.9 Å². The molecule has 0 amide bonds. The molecule has 0 saturated heterocycles. The van der Waals surface area contributed by atoms with E-state index >= 15 is 0 Å². The molecule has 0 aliphatic heterocycles. The number of nitrogens with zero attached hydrogens (tertiary/aromatic N) is 3. The highest BCUT2D eigenvalue weighted by Gasteiger charge is 2.65. The first kappa shape index (κ1) is 23.7. The van der Waals surface area contributed by atoms with E-state index in [0.29, 0.717) is 30.1 Å². The first-order valence-electron chi connectivity index (χ1n) is 11.2. The van der Waals surface area contributed by atoms with Gasteiger partial charge in [-0.1, -0.05) is 6.07 Å². The number of hydrogen-bond donors (Lipinski definition) is 2. The molecule has 0 radical (unpaired) electrons. The monoisotopic (exact) mass is 504 g/mol. The van der Waals surface area contributed by atoms with Gasteiger partial charge in [0.05, 0.1) is 17.4 Å². The number of hydrogen-bond acceptors (Lipinski definition) is 8. The molecule has 0 spiro atoms. The van der Waals surface area contributed by atoms with Gasteiger partial charge in [0.25, 0.3) is 0 Å². The summed E-state index contributed by atoms with van der Waals surface area (Å²) in [5.41, 5.74) is 0.123. The van der Waals surface area contributed by atoms with Crippen molar-refractivity contribution in [3.05, 3.63) is 52.9 Å². The topological polar surface area (TPSA) is 97.2 Å². The van der Waals surface area contributed by atoms with Crippen molar-refractivity contribution in [2.45, 2.75) is 38.5 Å². The molecule has 1 aromatic carbocycles. The number of carbonyl (C=O) groups is 1. The largest absolute Gasteiger partial charge is 0.466 e. The van der Waals surface area contributed by atoms with E-state index in [-0.39, 0.29) is 29.7 Å². The number of thiazole rings is 1. The van der Waals surface area contributed by atoms with Crippen LogP contribution >= 0.6 is 11.3 Å². The number of aromatic nitrogens is 3. The summed E-state index contributed by atoms with van der Waals surface area (Å²) < 4.78 is 44.0. The average Bonchev–Trinajstić information content (AvgIpc) is 3.14. The minimum Gasteiger partial charge on any atom is -0.466 e. The van der Waals surface area contributed by atoms with E-state index in [2.05, 4.69) is 20.3 Å². The summed E-state index contributed by atoms with van der Waals surface area (Å²) in [5.74, 6) is -0.230. The van der Waals surface area contributed by atoms with Gasteiger partial charge in [-0.2, -0.15) is 13.2 Å². The van der Waals surface area contributed by atoms with Crippen LogP contribution < -0.4 is 5.32 Å². The van der Waals surface area contributed by atoms with E-state index in [1.54, 1.807) is 25.3 Å². The number of rotatable bonds is 6. The molecule has 2 atom stereocenters. The first-order chi connectivity index (χ1) is 16.6. The Morgan fingerprint density at radius 1 is 1.26 bits per heavy atom. The third-order valence-electron chi connectivity index (χ3n) is 6.50. The maximum Gasteiger partial charge on any atom is 0.433 e. The Kier molecular flexibility index (Phi) is 5.79. The number of aryl methyl sites for hydroxylation is 1. The second-order valence-corrected chi connectivity index (χ2v) is 10.1. The smallest absolute Gasteiger partial charge is 0.433 e. The minimum atomic E-state index is -4.56. The van der Waals surface area contributed by atoms with Gasteiger partial charge in [0.15, 0.2) is 0 Å². The summed E-state index contributed by atoms with van der Waals surface area (Å²) in [6.07, 6.45) is -0.870. The van der Waals surface area contributed by atoms with E-state index in [1.165, 1.54) is 11.3 Å². The molecule has 2 heterocycles. The Balaban J connectivity index is 1.33. The minimum absolute atomic E-state index is 0.119. The maximum atomic E-state index is 13.0. The normalized spacial score (nSPS) is 25.3. The molecule has 2 aliphatic rings. The van der Waals surface area contributed by atoms with E-state index in [9.17, 15) is 23.1 Å². The number of nitrogens with one attached hydrogen (secondary N) is 1. The van der Waals surface area contributed by atoms with Gasteiger partial charge < -0.3 is 15.2 Å². The maximum absolute atomic E-state index is 13.0. The van der Waals surface area contributed by atoms with Crippen molar-refractivity contribution in [2.24, 2.45) is 17.8 Å². The fraction of sp³-hybridized carbons (Fsp3) is 0.417. The van der Waals surface area contributed by atoms with Crippen molar-refractivity contribution in [1.29, 1.82) is 0 Å². The number of esters is 1. The summed E-state index contributed by atoms with van der Waals surface area (Å²) in [7, 11) is 0. The Morgan fingerprint density at radius 3 is 2.69 bits per heavy atom. The summed E-state index contributed by atoms with van der Waals surface area (Å²) in [4.78, 5) is 24.8. The third-order valence-corrected chi connectivity index (χ3v) is 7.74. The molecule has 2 aromatic heterocycles. The number of fused-ring (bicyclic) bond motifs is 1. The zero-order chi connectivity index (χ0) is 25.0. The Morgan fingerprint density at radius 2 is 2.00 bits per heavy atom. The van der Waals surface area contributed by atoms with Gasteiger partial charge in [0.2, 0.25) is 5.95 Å². The highest BCUT2D eigenvalue weighted by Crippen LogP contribution is 2.64. The number of benzene rings is 1. The quantitative estimate of drug-likeness (QED) is 0.452. The van der Waals surface area contributed by atoms with Crippen molar-refractivity contribution < 1.29 is 27.8 Å². The van der Waals surface area contributed by atoms with Gasteiger partial charge in [-0.3, -0.25) is 4.79 Å². The van der Waals surface area contributed by atoms with Crippen LogP contribution in [0.1, 0.15) is 36.0 Å². The van der Waals surface area contributed by atoms with Gasteiger partial charge in [-0.25, -0.2) is 15.0 Å². The predicted octanol–water partition coefficient (Wildman–Crippen LogP) is 5.08. The second-order valence-electron chi connectivity index (χ2n) is 9.05. The predicted molar refractivity (Wildman–Crippen MR) is 123 cm³/mol.